The molecule has 2 rings (SSSR count). The number of benzene rings is 2. The zero-order chi connectivity index (χ0) is 14.7. The van der Waals surface area contributed by atoms with Crippen LogP contribution in [0.2, 0.25) is 5.02 Å². The predicted molar refractivity (Wildman–Crippen MR) is 82.6 cm³/mol. The molecule has 0 radical (unpaired) electrons. The zero-order valence-electron chi connectivity index (χ0n) is 11.6. The highest BCUT2D eigenvalue weighted by atomic mass is 35.5. The Morgan fingerprint density at radius 3 is 2.40 bits per heavy atom. The lowest BCUT2D eigenvalue weighted by Crippen LogP contribution is -2.18. The van der Waals surface area contributed by atoms with E-state index in [4.69, 9.17) is 17.3 Å². The lowest BCUT2D eigenvalue weighted by molar-refractivity contribution is 0.617. The summed E-state index contributed by atoms with van der Waals surface area (Å²) in [6.45, 7) is 2.46. The maximum Gasteiger partial charge on any atom is 0.146 e. The Kier molecular flexibility index (Phi) is 4.63. The van der Waals surface area contributed by atoms with Crippen LogP contribution in [0.4, 0.5) is 10.1 Å². The molecule has 2 aromatic carbocycles. The molecule has 20 heavy (non-hydrogen) atoms. The van der Waals surface area contributed by atoms with Gasteiger partial charge in [-0.3, -0.25) is 0 Å². The number of hydrogen-bond donors (Lipinski definition) is 1. The maximum atomic E-state index is 14.1. The standard InChI is InChI=1S/C16H18ClFN2/c1-11(19)13-5-8-16(15(18)9-13)20(2)10-12-3-6-14(17)7-4-12/h3-9,11H,10,19H2,1-2H3/t11-/m0/s1. The van der Waals surface area contributed by atoms with Crippen LogP contribution < -0.4 is 10.6 Å². The van der Waals surface area contributed by atoms with Gasteiger partial charge in [-0.2, -0.15) is 0 Å². The molecule has 0 aromatic heterocycles. The van der Waals surface area contributed by atoms with Crippen molar-refractivity contribution < 1.29 is 4.39 Å². The molecule has 1 atom stereocenters. The Hall–Kier alpha value is -1.58. The molecule has 0 unspecified atom stereocenters. The zero-order valence-corrected chi connectivity index (χ0v) is 12.4. The molecule has 0 saturated heterocycles. The third-order valence-corrected chi connectivity index (χ3v) is 3.49. The van der Waals surface area contributed by atoms with Crippen molar-refractivity contribution in [3.63, 3.8) is 0 Å². The van der Waals surface area contributed by atoms with Gasteiger partial charge in [0.25, 0.3) is 0 Å². The maximum absolute atomic E-state index is 14.1. The Morgan fingerprint density at radius 1 is 1.20 bits per heavy atom. The number of anilines is 1. The van der Waals surface area contributed by atoms with Crippen molar-refractivity contribution in [2.75, 3.05) is 11.9 Å². The summed E-state index contributed by atoms with van der Waals surface area (Å²) in [6.07, 6.45) is 0. The second-order valence-corrected chi connectivity index (χ2v) is 5.42. The van der Waals surface area contributed by atoms with E-state index >= 15 is 0 Å². The number of halogens is 2. The van der Waals surface area contributed by atoms with Crippen molar-refractivity contribution in [2.45, 2.75) is 19.5 Å². The largest absolute Gasteiger partial charge is 0.368 e. The third kappa shape index (κ3) is 3.50. The Morgan fingerprint density at radius 2 is 1.85 bits per heavy atom. The summed E-state index contributed by atoms with van der Waals surface area (Å²) in [7, 11) is 1.86. The summed E-state index contributed by atoms with van der Waals surface area (Å²) in [4.78, 5) is 1.86. The van der Waals surface area contributed by atoms with E-state index in [0.717, 1.165) is 11.1 Å². The van der Waals surface area contributed by atoms with Crippen LogP contribution in [-0.4, -0.2) is 7.05 Å². The molecule has 2 aromatic rings. The molecule has 2 N–H and O–H groups in total. The first-order valence-corrected chi connectivity index (χ1v) is 6.86. The minimum atomic E-state index is -0.253. The third-order valence-electron chi connectivity index (χ3n) is 3.24. The first-order valence-electron chi connectivity index (χ1n) is 6.48. The van der Waals surface area contributed by atoms with Crippen LogP contribution >= 0.6 is 11.6 Å². The van der Waals surface area contributed by atoms with Crippen LogP contribution in [-0.2, 0) is 6.54 Å². The number of nitrogens with zero attached hydrogens (tertiary/aromatic N) is 1. The van der Waals surface area contributed by atoms with Crippen molar-refractivity contribution >= 4 is 17.3 Å². The van der Waals surface area contributed by atoms with E-state index in [-0.39, 0.29) is 11.9 Å². The van der Waals surface area contributed by atoms with Crippen LogP contribution in [0.5, 0.6) is 0 Å². The normalized spacial score (nSPS) is 12.2. The minimum absolute atomic E-state index is 0.167. The number of hydrogen-bond acceptors (Lipinski definition) is 2. The molecule has 0 spiro atoms. The topological polar surface area (TPSA) is 29.3 Å². The fraction of sp³-hybridized carbons (Fsp3) is 0.250. The van der Waals surface area contributed by atoms with E-state index in [0.29, 0.717) is 17.3 Å². The molecule has 0 aliphatic carbocycles. The summed E-state index contributed by atoms with van der Waals surface area (Å²) in [5, 5.41) is 0.698. The van der Waals surface area contributed by atoms with E-state index in [1.807, 2.05) is 49.2 Å². The van der Waals surface area contributed by atoms with Gasteiger partial charge in [0.05, 0.1) is 5.69 Å². The van der Waals surface area contributed by atoms with Gasteiger partial charge < -0.3 is 10.6 Å². The molecule has 0 heterocycles. The Labute approximate surface area is 124 Å². The van der Waals surface area contributed by atoms with E-state index in [2.05, 4.69) is 0 Å². The molecule has 0 aliphatic heterocycles. The SMILES string of the molecule is C[C@H](N)c1ccc(N(C)Cc2ccc(Cl)cc2)c(F)c1. The van der Waals surface area contributed by atoms with Gasteiger partial charge in [-0.25, -0.2) is 4.39 Å². The summed E-state index contributed by atoms with van der Waals surface area (Å²) in [5.41, 5.74) is 8.19. The molecule has 0 aliphatic rings. The molecular formula is C16H18ClFN2. The van der Waals surface area contributed by atoms with Crippen molar-refractivity contribution in [3.8, 4) is 0 Å². The van der Waals surface area contributed by atoms with Crippen LogP contribution in [0.15, 0.2) is 42.5 Å². The second kappa shape index (κ2) is 6.25. The van der Waals surface area contributed by atoms with Gasteiger partial charge in [0, 0.05) is 24.7 Å². The minimum Gasteiger partial charge on any atom is -0.368 e. The highest BCUT2D eigenvalue weighted by Crippen LogP contribution is 2.23. The summed E-state index contributed by atoms with van der Waals surface area (Å²) in [5.74, 6) is -0.253. The van der Waals surface area contributed by atoms with Crippen LogP contribution in [0.25, 0.3) is 0 Å². The van der Waals surface area contributed by atoms with Crippen molar-refractivity contribution in [1.29, 1.82) is 0 Å². The summed E-state index contributed by atoms with van der Waals surface area (Å²) in [6, 6.07) is 12.5. The van der Waals surface area contributed by atoms with E-state index in [1.54, 1.807) is 6.07 Å². The van der Waals surface area contributed by atoms with Crippen LogP contribution in [0, 0.1) is 5.82 Å². The van der Waals surface area contributed by atoms with Gasteiger partial charge in [-0.05, 0) is 42.3 Å². The molecule has 0 amide bonds. The van der Waals surface area contributed by atoms with E-state index < -0.39 is 0 Å². The van der Waals surface area contributed by atoms with Gasteiger partial charge in [-0.15, -0.1) is 0 Å². The lowest BCUT2D eigenvalue weighted by Gasteiger charge is -2.21. The monoisotopic (exact) mass is 292 g/mol. The van der Waals surface area contributed by atoms with Crippen molar-refractivity contribution in [3.05, 3.63) is 64.4 Å². The molecule has 0 bridgehead atoms. The first kappa shape index (κ1) is 14.8. The van der Waals surface area contributed by atoms with E-state index in [9.17, 15) is 4.39 Å². The number of rotatable bonds is 4. The molecule has 2 nitrogen and oxygen atoms in total. The number of nitrogens with two attached hydrogens (primary N) is 1. The predicted octanol–water partition coefficient (Wildman–Crippen LogP) is 4.14. The lowest BCUT2D eigenvalue weighted by atomic mass is 10.1. The molecule has 0 fully saturated rings. The first-order chi connectivity index (χ1) is 9.47. The molecule has 0 saturated carbocycles. The molecule has 4 heteroatoms. The highest BCUT2D eigenvalue weighted by molar-refractivity contribution is 6.30. The van der Waals surface area contributed by atoms with Gasteiger partial charge in [0.1, 0.15) is 5.82 Å². The van der Waals surface area contributed by atoms with Gasteiger partial charge in [0.2, 0.25) is 0 Å². The quantitative estimate of drug-likeness (QED) is 0.918. The van der Waals surface area contributed by atoms with Crippen molar-refractivity contribution in [2.24, 2.45) is 5.73 Å². The van der Waals surface area contributed by atoms with Crippen LogP contribution in [0.3, 0.4) is 0 Å². The smallest absolute Gasteiger partial charge is 0.146 e. The summed E-state index contributed by atoms with van der Waals surface area (Å²) >= 11 is 5.85. The van der Waals surface area contributed by atoms with Gasteiger partial charge in [-0.1, -0.05) is 29.8 Å². The Bertz CT molecular complexity index is 582. The molecular weight excluding hydrogens is 275 g/mol. The van der Waals surface area contributed by atoms with Gasteiger partial charge >= 0.3 is 0 Å². The molecule has 106 valence electrons. The van der Waals surface area contributed by atoms with E-state index in [1.165, 1.54) is 6.07 Å². The average molecular weight is 293 g/mol. The van der Waals surface area contributed by atoms with Gasteiger partial charge in [0.15, 0.2) is 0 Å². The second-order valence-electron chi connectivity index (χ2n) is 4.98. The fourth-order valence-corrected chi connectivity index (χ4v) is 2.19. The summed E-state index contributed by atoms with van der Waals surface area (Å²) < 4.78 is 14.1. The Balaban J connectivity index is 2.16. The average Bonchev–Trinajstić information content (AvgIpc) is 2.41. The van der Waals surface area contributed by atoms with Crippen molar-refractivity contribution in [1.82, 2.24) is 0 Å². The van der Waals surface area contributed by atoms with Crippen LogP contribution in [0.1, 0.15) is 24.1 Å². The highest BCUT2D eigenvalue weighted by Gasteiger charge is 2.10. The fourth-order valence-electron chi connectivity index (χ4n) is 2.06.